The molecule has 0 unspecified atom stereocenters. The molecule has 6 nitrogen and oxygen atoms in total. The van der Waals surface area contributed by atoms with Crippen LogP contribution in [0.2, 0.25) is 0 Å². The number of hydrogen-bond donors (Lipinski definition) is 2. The number of rotatable bonds is 8. The number of anilines is 2. The van der Waals surface area contributed by atoms with Crippen molar-refractivity contribution in [1.82, 2.24) is 14.9 Å². The number of alkyl halides is 3. The third-order valence-electron chi connectivity index (χ3n) is 6.69. The van der Waals surface area contributed by atoms with Crippen molar-refractivity contribution in [2.45, 2.75) is 44.2 Å². The molecule has 1 aliphatic heterocycles. The number of aromatic nitrogens is 2. The van der Waals surface area contributed by atoms with Gasteiger partial charge in [0.05, 0.1) is 17.7 Å². The molecule has 10 heteroatoms. The number of benzene rings is 2. The van der Waals surface area contributed by atoms with Crippen LogP contribution in [0.3, 0.4) is 0 Å². The Bertz CT molecular complexity index is 1240. The molecule has 0 saturated carbocycles. The molecule has 2 aromatic carbocycles. The molecule has 3 aromatic rings. The summed E-state index contributed by atoms with van der Waals surface area (Å²) in [5, 5.41) is 2.99. The van der Waals surface area contributed by atoms with E-state index in [1.165, 1.54) is 23.8 Å². The normalized spacial score (nSPS) is 15.1. The molecule has 37 heavy (non-hydrogen) atoms. The molecule has 0 aliphatic carbocycles. The number of halogens is 4. The molecule has 2 heterocycles. The highest BCUT2D eigenvalue weighted by Crippen LogP contribution is 2.33. The van der Waals surface area contributed by atoms with Crippen molar-refractivity contribution in [1.29, 1.82) is 0 Å². The van der Waals surface area contributed by atoms with E-state index < -0.39 is 23.5 Å². The molecule has 1 amide bonds. The van der Waals surface area contributed by atoms with Crippen LogP contribution in [0, 0.1) is 5.82 Å². The smallest absolute Gasteiger partial charge is 0.369 e. The second kappa shape index (κ2) is 11.2. The minimum atomic E-state index is -4.64. The van der Waals surface area contributed by atoms with E-state index in [0.29, 0.717) is 22.7 Å². The Balaban J connectivity index is 1.51. The Labute approximate surface area is 212 Å². The van der Waals surface area contributed by atoms with Gasteiger partial charge in [-0.25, -0.2) is 14.4 Å². The monoisotopic (exact) mass is 515 g/mol. The summed E-state index contributed by atoms with van der Waals surface area (Å²) in [6, 6.07) is 11.6. The first kappa shape index (κ1) is 26.5. The van der Waals surface area contributed by atoms with Crippen LogP contribution in [0.4, 0.5) is 29.2 Å². The average molecular weight is 516 g/mol. The van der Waals surface area contributed by atoms with E-state index in [1.807, 2.05) is 24.3 Å². The van der Waals surface area contributed by atoms with Gasteiger partial charge in [0.1, 0.15) is 5.82 Å². The summed E-state index contributed by atoms with van der Waals surface area (Å²) in [6.45, 7) is 2.10. The van der Waals surface area contributed by atoms with E-state index in [9.17, 15) is 22.4 Å². The van der Waals surface area contributed by atoms with Crippen LogP contribution in [0.1, 0.15) is 46.7 Å². The van der Waals surface area contributed by atoms with Crippen LogP contribution in [0.5, 0.6) is 0 Å². The molecule has 1 saturated heterocycles. The second-order valence-corrected chi connectivity index (χ2v) is 9.43. The SMILES string of the molecule is CN1CCC(c2ccc(Nc3ncc(C(F)(F)F)c(CCc4ccc(F)cc4CC(N)=O)n3)cc2)CC1. The summed E-state index contributed by atoms with van der Waals surface area (Å²) in [5.41, 5.74) is 6.90. The summed E-state index contributed by atoms with van der Waals surface area (Å²) >= 11 is 0. The Morgan fingerprint density at radius 3 is 2.43 bits per heavy atom. The lowest BCUT2D eigenvalue weighted by atomic mass is 9.89. The van der Waals surface area contributed by atoms with E-state index >= 15 is 0 Å². The van der Waals surface area contributed by atoms with Gasteiger partial charge < -0.3 is 16.0 Å². The number of aryl methyl sites for hydroxylation is 2. The van der Waals surface area contributed by atoms with E-state index in [2.05, 4.69) is 27.2 Å². The fraction of sp³-hybridized carbons (Fsp3) is 0.370. The van der Waals surface area contributed by atoms with Crippen molar-refractivity contribution in [2.24, 2.45) is 5.73 Å². The number of carbonyl (C=O) groups excluding carboxylic acids is 1. The van der Waals surface area contributed by atoms with Gasteiger partial charge in [-0.3, -0.25) is 4.79 Å². The van der Waals surface area contributed by atoms with E-state index in [4.69, 9.17) is 5.73 Å². The van der Waals surface area contributed by atoms with E-state index in [0.717, 1.165) is 32.1 Å². The second-order valence-electron chi connectivity index (χ2n) is 9.43. The van der Waals surface area contributed by atoms with Gasteiger partial charge in [0.2, 0.25) is 11.9 Å². The van der Waals surface area contributed by atoms with Crippen molar-refractivity contribution < 1.29 is 22.4 Å². The predicted octanol–water partition coefficient (Wildman–Crippen LogP) is 5.00. The lowest BCUT2D eigenvalue weighted by molar-refractivity contribution is -0.138. The third kappa shape index (κ3) is 7.03. The van der Waals surface area contributed by atoms with Crippen molar-refractivity contribution in [2.75, 3.05) is 25.5 Å². The number of nitrogens with two attached hydrogens (primary N) is 1. The largest absolute Gasteiger partial charge is 0.419 e. The zero-order valence-corrected chi connectivity index (χ0v) is 20.5. The van der Waals surface area contributed by atoms with Crippen molar-refractivity contribution in [3.8, 4) is 0 Å². The first-order valence-electron chi connectivity index (χ1n) is 12.1. The molecular formula is C27H29F4N5O. The number of carbonyl (C=O) groups is 1. The molecule has 0 bridgehead atoms. The first-order chi connectivity index (χ1) is 17.6. The molecular weight excluding hydrogens is 486 g/mol. The van der Waals surface area contributed by atoms with Gasteiger partial charge in [0, 0.05) is 11.9 Å². The third-order valence-corrected chi connectivity index (χ3v) is 6.69. The minimum absolute atomic E-state index is 0.0477. The lowest BCUT2D eigenvalue weighted by Crippen LogP contribution is -2.29. The van der Waals surface area contributed by atoms with Crippen LogP contribution < -0.4 is 11.1 Å². The highest BCUT2D eigenvalue weighted by Gasteiger charge is 2.35. The first-order valence-corrected chi connectivity index (χ1v) is 12.1. The fourth-order valence-corrected chi connectivity index (χ4v) is 4.66. The van der Waals surface area contributed by atoms with Crippen LogP contribution in [-0.2, 0) is 30.2 Å². The molecule has 0 atom stereocenters. The topological polar surface area (TPSA) is 84.1 Å². The molecule has 1 fully saturated rings. The fourth-order valence-electron chi connectivity index (χ4n) is 4.66. The maximum Gasteiger partial charge on any atom is 0.419 e. The van der Waals surface area contributed by atoms with Crippen LogP contribution in [0.15, 0.2) is 48.7 Å². The van der Waals surface area contributed by atoms with E-state index in [1.54, 1.807) is 0 Å². The number of amides is 1. The minimum Gasteiger partial charge on any atom is -0.369 e. The van der Waals surface area contributed by atoms with Gasteiger partial charge >= 0.3 is 6.18 Å². The van der Waals surface area contributed by atoms with Gasteiger partial charge in [0.25, 0.3) is 0 Å². The number of piperidine rings is 1. The molecule has 0 radical (unpaired) electrons. The summed E-state index contributed by atoms with van der Waals surface area (Å²) in [4.78, 5) is 21.7. The Morgan fingerprint density at radius 2 is 1.78 bits per heavy atom. The predicted molar refractivity (Wildman–Crippen MR) is 133 cm³/mol. The van der Waals surface area contributed by atoms with Gasteiger partial charge in [-0.15, -0.1) is 0 Å². The highest BCUT2D eigenvalue weighted by molar-refractivity contribution is 5.77. The quantitative estimate of drug-likeness (QED) is 0.413. The summed E-state index contributed by atoms with van der Waals surface area (Å²) in [5.74, 6) is -0.666. The Kier molecular flexibility index (Phi) is 8.06. The summed E-state index contributed by atoms with van der Waals surface area (Å²) in [6.07, 6.45) is -1.86. The average Bonchev–Trinajstić information content (AvgIpc) is 2.84. The molecule has 1 aliphatic rings. The van der Waals surface area contributed by atoms with Crippen molar-refractivity contribution >= 4 is 17.5 Å². The van der Waals surface area contributed by atoms with Crippen LogP contribution in [-0.4, -0.2) is 40.9 Å². The number of hydrogen-bond acceptors (Lipinski definition) is 5. The highest BCUT2D eigenvalue weighted by atomic mass is 19.4. The van der Waals surface area contributed by atoms with Gasteiger partial charge in [-0.05, 0) is 92.7 Å². The standard InChI is InChI=1S/C27H29F4N5O/c1-36-12-10-19(11-13-36)17-3-7-22(8-4-17)34-26-33-16-23(27(29,30)31)24(35-26)9-5-18-2-6-21(28)14-20(18)15-25(32)37/h2-4,6-8,14,16,19H,5,9-13,15H2,1H3,(H2,32,37)(H,33,34,35). The number of primary amides is 1. The molecule has 0 spiro atoms. The molecule has 196 valence electrons. The molecule has 1 aromatic heterocycles. The van der Waals surface area contributed by atoms with Crippen molar-refractivity contribution in [3.63, 3.8) is 0 Å². The maximum absolute atomic E-state index is 13.7. The molecule has 4 rings (SSSR count). The molecule has 3 N–H and O–H groups in total. The van der Waals surface area contributed by atoms with Crippen molar-refractivity contribution in [3.05, 3.63) is 82.4 Å². The Morgan fingerprint density at radius 1 is 1.08 bits per heavy atom. The van der Waals surface area contributed by atoms with E-state index in [-0.39, 0.29) is 30.9 Å². The number of likely N-dealkylation sites (tertiary alicyclic amines) is 1. The van der Waals surface area contributed by atoms with Gasteiger partial charge in [-0.2, -0.15) is 13.2 Å². The Hall–Kier alpha value is -3.53. The van der Waals surface area contributed by atoms with Crippen LogP contribution in [0.25, 0.3) is 0 Å². The van der Waals surface area contributed by atoms with Crippen LogP contribution >= 0.6 is 0 Å². The summed E-state index contributed by atoms with van der Waals surface area (Å²) < 4.78 is 54.7. The number of nitrogens with one attached hydrogen (secondary N) is 1. The summed E-state index contributed by atoms with van der Waals surface area (Å²) in [7, 11) is 2.11. The van der Waals surface area contributed by atoms with Gasteiger partial charge in [-0.1, -0.05) is 18.2 Å². The zero-order valence-electron chi connectivity index (χ0n) is 20.5. The number of nitrogens with zero attached hydrogens (tertiary/aromatic N) is 3. The lowest BCUT2D eigenvalue weighted by Gasteiger charge is -2.29. The van der Waals surface area contributed by atoms with Gasteiger partial charge in [0.15, 0.2) is 0 Å². The maximum atomic E-state index is 13.7. The zero-order chi connectivity index (χ0) is 26.6.